The second kappa shape index (κ2) is 5.68. The quantitative estimate of drug-likeness (QED) is 0.517. The van der Waals surface area contributed by atoms with E-state index >= 15 is 0 Å². The number of nitrogens with one attached hydrogen (secondary N) is 1. The summed E-state index contributed by atoms with van der Waals surface area (Å²) in [4.78, 5) is 21.9. The van der Waals surface area contributed by atoms with Crippen LogP contribution in [0.4, 0.5) is 5.82 Å². The molecule has 0 bridgehead atoms. The van der Waals surface area contributed by atoms with Crippen LogP contribution in [0.1, 0.15) is 36.5 Å². The number of carbonyl (C=O) groups excluding carboxylic acids is 1. The summed E-state index contributed by atoms with van der Waals surface area (Å²) in [6.45, 7) is 1.77. The van der Waals surface area contributed by atoms with Crippen molar-refractivity contribution < 1.29 is 9.72 Å². The summed E-state index contributed by atoms with van der Waals surface area (Å²) < 4.78 is 1.49. The van der Waals surface area contributed by atoms with E-state index in [-0.39, 0.29) is 10.6 Å². The average molecular weight is 276 g/mol. The van der Waals surface area contributed by atoms with E-state index in [1.165, 1.54) is 10.9 Å². The maximum absolute atomic E-state index is 11.3. The summed E-state index contributed by atoms with van der Waals surface area (Å²) >= 11 is 0. The third-order valence-electron chi connectivity index (χ3n) is 3.29. The van der Waals surface area contributed by atoms with Crippen molar-refractivity contribution in [3.63, 3.8) is 0 Å². The first-order valence-electron chi connectivity index (χ1n) is 6.33. The van der Waals surface area contributed by atoms with Gasteiger partial charge in [0.2, 0.25) is 0 Å². The Bertz CT molecular complexity index is 613. The molecule has 0 aliphatic heterocycles. The first-order valence-corrected chi connectivity index (χ1v) is 6.33. The molecule has 0 unspecified atom stereocenters. The van der Waals surface area contributed by atoms with Gasteiger partial charge in [-0.3, -0.25) is 19.6 Å². The predicted molar refractivity (Wildman–Crippen MR) is 73.8 cm³/mol. The Labute approximate surface area is 116 Å². The minimum absolute atomic E-state index is 0.0838. The fraction of sp³-hybridized carbons (Fsp3) is 0.385. The number of aryl methyl sites for hydroxylation is 1. The number of aldehydes is 1. The summed E-state index contributed by atoms with van der Waals surface area (Å²) in [5.74, 6) is 0.459. The van der Waals surface area contributed by atoms with Crippen LogP contribution in [0.5, 0.6) is 0 Å². The van der Waals surface area contributed by atoms with Crippen LogP contribution in [0.3, 0.4) is 0 Å². The second-order valence-corrected chi connectivity index (χ2v) is 4.71. The minimum atomic E-state index is -0.379. The number of hydrogen-bond acceptors (Lipinski definition) is 5. The molecule has 1 aliphatic rings. The summed E-state index contributed by atoms with van der Waals surface area (Å²) in [5, 5.41) is 18.2. The van der Waals surface area contributed by atoms with E-state index in [1.54, 1.807) is 20.0 Å². The highest BCUT2D eigenvalue weighted by Crippen LogP contribution is 2.26. The minimum Gasteiger partial charge on any atom is -0.335 e. The van der Waals surface area contributed by atoms with Crippen LogP contribution in [-0.4, -0.2) is 21.0 Å². The van der Waals surface area contributed by atoms with Crippen LogP contribution < -0.4 is 5.32 Å². The Hall–Kier alpha value is -2.44. The van der Waals surface area contributed by atoms with Gasteiger partial charge in [-0.2, -0.15) is 5.10 Å². The lowest BCUT2D eigenvalue weighted by Crippen LogP contribution is -2.14. The lowest BCUT2D eigenvalue weighted by molar-refractivity contribution is -0.421. The fourth-order valence-electron chi connectivity index (χ4n) is 2.24. The molecule has 7 nitrogen and oxygen atoms in total. The van der Waals surface area contributed by atoms with Crippen LogP contribution in [0, 0.1) is 10.1 Å². The van der Waals surface area contributed by atoms with E-state index in [4.69, 9.17) is 0 Å². The molecule has 2 rings (SSSR count). The molecule has 0 fully saturated rings. The summed E-state index contributed by atoms with van der Waals surface area (Å²) in [6.07, 6.45) is 6.23. The van der Waals surface area contributed by atoms with Crippen LogP contribution in [0.25, 0.3) is 0 Å². The Balaban J connectivity index is 2.42. The Kier molecular flexibility index (Phi) is 3.97. The molecule has 0 radical (unpaired) electrons. The van der Waals surface area contributed by atoms with E-state index < -0.39 is 0 Å². The zero-order chi connectivity index (χ0) is 14.7. The zero-order valence-corrected chi connectivity index (χ0v) is 11.4. The molecule has 20 heavy (non-hydrogen) atoms. The lowest BCUT2D eigenvalue weighted by Gasteiger charge is -2.10. The number of rotatable bonds is 4. The summed E-state index contributed by atoms with van der Waals surface area (Å²) in [7, 11) is 1.68. The van der Waals surface area contributed by atoms with Gasteiger partial charge in [0.1, 0.15) is 11.5 Å². The van der Waals surface area contributed by atoms with Crippen molar-refractivity contribution in [3.8, 4) is 0 Å². The number of allylic oxidation sites excluding steroid dienone is 2. The van der Waals surface area contributed by atoms with E-state index in [9.17, 15) is 14.9 Å². The highest BCUT2D eigenvalue weighted by molar-refractivity contribution is 5.83. The largest absolute Gasteiger partial charge is 0.335 e. The van der Waals surface area contributed by atoms with Crippen molar-refractivity contribution in [2.75, 3.05) is 5.32 Å². The van der Waals surface area contributed by atoms with E-state index in [0.717, 1.165) is 18.4 Å². The van der Waals surface area contributed by atoms with E-state index in [0.29, 0.717) is 29.8 Å². The number of aromatic nitrogens is 2. The summed E-state index contributed by atoms with van der Waals surface area (Å²) in [6, 6.07) is 0. The first-order chi connectivity index (χ1) is 9.54. The number of nitrogens with zero attached hydrogens (tertiary/aromatic N) is 3. The van der Waals surface area contributed by atoms with Crippen molar-refractivity contribution in [2.24, 2.45) is 7.05 Å². The molecule has 1 aromatic rings. The van der Waals surface area contributed by atoms with Gasteiger partial charge in [-0.15, -0.1) is 0 Å². The topological polar surface area (TPSA) is 90.1 Å². The molecule has 1 aromatic heterocycles. The third kappa shape index (κ3) is 2.61. The molecule has 1 heterocycles. The Morgan fingerprint density at radius 3 is 2.95 bits per heavy atom. The highest BCUT2D eigenvalue weighted by atomic mass is 16.6. The van der Waals surface area contributed by atoms with Crippen molar-refractivity contribution in [1.29, 1.82) is 0 Å². The van der Waals surface area contributed by atoms with Crippen molar-refractivity contribution >= 4 is 12.1 Å². The van der Waals surface area contributed by atoms with Crippen molar-refractivity contribution in [2.45, 2.75) is 26.2 Å². The van der Waals surface area contributed by atoms with Gasteiger partial charge in [-0.25, -0.2) is 0 Å². The molecule has 0 aromatic carbocycles. The number of anilines is 1. The van der Waals surface area contributed by atoms with Gasteiger partial charge >= 0.3 is 0 Å². The van der Waals surface area contributed by atoms with Gasteiger partial charge in [0.05, 0.1) is 16.7 Å². The molecule has 106 valence electrons. The van der Waals surface area contributed by atoms with Crippen LogP contribution in [0.2, 0.25) is 0 Å². The van der Waals surface area contributed by atoms with E-state index in [1.807, 2.05) is 0 Å². The van der Waals surface area contributed by atoms with Crippen LogP contribution in [-0.2, 0) is 7.05 Å². The first kappa shape index (κ1) is 14.0. The molecule has 1 aliphatic carbocycles. The normalized spacial score (nSPS) is 15.6. The van der Waals surface area contributed by atoms with Gasteiger partial charge in [-0.05, 0) is 26.2 Å². The van der Waals surface area contributed by atoms with E-state index in [2.05, 4.69) is 10.4 Å². The SMILES string of the molecule is CC1=C([N+](=O)[O-])C(Nc2c(C=O)cnn2C)=CCCC1. The van der Waals surface area contributed by atoms with Crippen molar-refractivity contribution in [1.82, 2.24) is 9.78 Å². The molecular formula is C13H16N4O3. The number of nitro groups is 1. The van der Waals surface area contributed by atoms with Crippen LogP contribution in [0.15, 0.2) is 29.2 Å². The monoisotopic (exact) mass is 276 g/mol. The summed E-state index contributed by atoms with van der Waals surface area (Å²) in [5.41, 5.74) is 1.62. The molecule has 0 atom stereocenters. The molecule has 0 spiro atoms. The molecule has 7 heteroatoms. The fourth-order valence-corrected chi connectivity index (χ4v) is 2.24. The third-order valence-corrected chi connectivity index (χ3v) is 3.29. The second-order valence-electron chi connectivity index (χ2n) is 4.71. The average Bonchev–Trinajstić information content (AvgIpc) is 2.63. The van der Waals surface area contributed by atoms with Gasteiger partial charge < -0.3 is 5.32 Å². The van der Waals surface area contributed by atoms with Gasteiger partial charge in [0.15, 0.2) is 6.29 Å². The van der Waals surface area contributed by atoms with Gasteiger partial charge in [0.25, 0.3) is 5.70 Å². The molecular weight excluding hydrogens is 260 g/mol. The van der Waals surface area contributed by atoms with Crippen molar-refractivity contribution in [3.05, 3.63) is 44.9 Å². The molecule has 1 N–H and O–H groups in total. The van der Waals surface area contributed by atoms with Gasteiger partial charge in [-0.1, -0.05) is 6.08 Å². The van der Waals surface area contributed by atoms with Gasteiger partial charge in [0, 0.05) is 12.6 Å². The molecule has 0 amide bonds. The maximum atomic E-state index is 11.3. The Morgan fingerprint density at radius 1 is 1.55 bits per heavy atom. The lowest BCUT2D eigenvalue weighted by atomic mass is 10.1. The predicted octanol–water partition coefficient (Wildman–Crippen LogP) is 2.26. The number of hydrogen-bond donors (Lipinski definition) is 1. The molecule has 0 saturated heterocycles. The smallest absolute Gasteiger partial charge is 0.291 e. The maximum Gasteiger partial charge on any atom is 0.291 e. The standard InChI is InChI=1S/C13H16N4O3/c1-9-5-3-4-6-11(12(9)17(19)20)15-13-10(8-18)7-14-16(13)2/h6-8,15H,3-5H2,1-2H3. The van der Waals surface area contributed by atoms with Crippen LogP contribution >= 0.6 is 0 Å². The zero-order valence-electron chi connectivity index (χ0n) is 11.4. The number of carbonyl (C=O) groups is 1. The molecule has 0 saturated carbocycles. The Morgan fingerprint density at radius 2 is 2.30 bits per heavy atom. The highest BCUT2D eigenvalue weighted by Gasteiger charge is 2.24.